The highest BCUT2D eigenvalue weighted by Crippen LogP contribution is 2.48. The number of aromatic nitrogens is 4. The van der Waals surface area contributed by atoms with E-state index >= 15 is 0 Å². The first kappa shape index (κ1) is 27.3. The maximum atomic E-state index is 14.1. The number of benzene rings is 1. The van der Waals surface area contributed by atoms with Crippen molar-refractivity contribution in [1.82, 2.24) is 19.5 Å². The summed E-state index contributed by atoms with van der Waals surface area (Å²) in [6.07, 6.45) is -0.928. The van der Waals surface area contributed by atoms with Crippen LogP contribution in [0.25, 0.3) is 11.2 Å². The zero-order valence-corrected chi connectivity index (χ0v) is 23.3. The van der Waals surface area contributed by atoms with E-state index in [1.54, 1.807) is 6.07 Å². The molecule has 14 heteroatoms. The molecule has 2 saturated heterocycles. The summed E-state index contributed by atoms with van der Waals surface area (Å²) in [5.74, 6) is -1.57. The van der Waals surface area contributed by atoms with E-state index in [4.69, 9.17) is 30.5 Å². The monoisotopic (exact) mass is 587 g/mol. The van der Waals surface area contributed by atoms with Gasteiger partial charge in [0.25, 0.3) is 0 Å². The molecule has 4 unspecified atom stereocenters. The third-order valence-corrected chi connectivity index (χ3v) is 7.96. The van der Waals surface area contributed by atoms with Crippen molar-refractivity contribution in [3.05, 3.63) is 46.8 Å². The highest BCUT2D eigenvalue weighted by atomic mass is 35.5. The minimum atomic E-state index is -1.11. The third-order valence-electron chi connectivity index (χ3n) is 7.79. The van der Waals surface area contributed by atoms with Crippen molar-refractivity contribution in [2.24, 2.45) is 0 Å². The van der Waals surface area contributed by atoms with E-state index in [0.717, 1.165) is 24.0 Å². The predicted molar refractivity (Wildman–Crippen MR) is 141 cm³/mol. The summed E-state index contributed by atoms with van der Waals surface area (Å²) in [4.78, 5) is 50.9. The zero-order chi connectivity index (χ0) is 29.1. The quantitative estimate of drug-likeness (QED) is 0.239. The fourth-order valence-corrected chi connectivity index (χ4v) is 6.29. The Kier molecular flexibility index (Phi) is 6.81. The fraction of sp³-hybridized carbons (Fsp3) is 0.481. The van der Waals surface area contributed by atoms with Gasteiger partial charge in [0, 0.05) is 39.3 Å². The Morgan fingerprint density at radius 2 is 1.83 bits per heavy atom. The molecule has 2 fully saturated rings. The van der Waals surface area contributed by atoms with Crippen LogP contribution in [-0.2, 0) is 45.2 Å². The number of carbonyl (C=O) groups is 3. The number of ether oxygens (including phenoxy) is 4. The molecule has 0 bridgehead atoms. The Morgan fingerprint density at radius 3 is 2.54 bits per heavy atom. The molecule has 1 aromatic carbocycles. The molecular weight excluding hydrogens is 561 g/mol. The number of nitrogens with zero attached hydrogens (tertiary/aromatic N) is 5. The first-order valence-corrected chi connectivity index (χ1v) is 13.5. The summed E-state index contributed by atoms with van der Waals surface area (Å²) < 4.78 is 37.8. The second-order valence-electron chi connectivity index (χ2n) is 10.6. The molecule has 1 spiro atoms. The van der Waals surface area contributed by atoms with E-state index in [0.29, 0.717) is 30.1 Å². The Labute approximate surface area is 238 Å². The van der Waals surface area contributed by atoms with Crippen molar-refractivity contribution >= 4 is 46.5 Å². The van der Waals surface area contributed by atoms with Gasteiger partial charge >= 0.3 is 17.9 Å². The molecule has 4 atom stereocenters. The molecule has 216 valence electrons. The Bertz CT molecular complexity index is 1560. The lowest BCUT2D eigenvalue weighted by atomic mass is 9.74. The maximum Gasteiger partial charge on any atom is 0.303 e. The predicted octanol–water partition coefficient (Wildman–Crippen LogP) is 2.65. The van der Waals surface area contributed by atoms with E-state index in [-0.39, 0.29) is 23.1 Å². The molecule has 3 aliphatic rings. The lowest BCUT2D eigenvalue weighted by Gasteiger charge is -2.49. The molecule has 2 aromatic heterocycles. The van der Waals surface area contributed by atoms with Crippen LogP contribution < -0.4 is 4.90 Å². The lowest BCUT2D eigenvalue weighted by Crippen LogP contribution is -2.58. The Morgan fingerprint density at radius 1 is 1.10 bits per heavy atom. The molecule has 12 nitrogen and oxygen atoms in total. The minimum absolute atomic E-state index is 0.0388. The highest BCUT2D eigenvalue weighted by Gasteiger charge is 2.52. The number of hydrogen-bond donors (Lipinski definition) is 0. The van der Waals surface area contributed by atoms with Crippen LogP contribution in [0.2, 0.25) is 5.28 Å². The Hall–Kier alpha value is -3.84. The molecule has 0 radical (unpaired) electrons. The van der Waals surface area contributed by atoms with Crippen LogP contribution in [0.1, 0.15) is 44.5 Å². The number of anilines is 1. The highest BCUT2D eigenvalue weighted by molar-refractivity contribution is 6.28. The number of aryl methyl sites for hydroxylation is 1. The van der Waals surface area contributed by atoms with Crippen LogP contribution in [-0.4, -0.2) is 75.4 Å². The van der Waals surface area contributed by atoms with Crippen molar-refractivity contribution in [3.8, 4) is 0 Å². The summed E-state index contributed by atoms with van der Waals surface area (Å²) in [6.45, 7) is 4.64. The first-order valence-electron chi connectivity index (χ1n) is 13.1. The average Bonchev–Trinajstić information content (AvgIpc) is 3.55. The van der Waals surface area contributed by atoms with Crippen LogP contribution >= 0.6 is 11.6 Å². The van der Waals surface area contributed by atoms with Crippen LogP contribution in [0.5, 0.6) is 0 Å². The average molecular weight is 588 g/mol. The molecule has 41 heavy (non-hydrogen) atoms. The number of hydrogen-bond acceptors (Lipinski definition) is 11. The fourth-order valence-electron chi connectivity index (χ4n) is 6.13. The lowest BCUT2D eigenvalue weighted by molar-refractivity contribution is -0.166. The molecule has 2 aliphatic heterocycles. The van der Waals surface area contributed by atoms with Gasteiger partial charge in [-0.05, 0) is 47.7 Å². The number of esters is 3. The number of fused-ring (bicyclic) bond motifs is 3. The Balaban J connectivity index is 1.33. The molecule has 4 heterocycles. The number of imidazole rings is 1. The topological polar surface area (TPSA) is 135 Å². The second kappa shape index (κ2) is 10.2. The van der Waals surface area contributed by atoms with E-state index in [1.807, 2.05) is 11.0 Å². The molecule has 3 aromatic rings. The van der Waals surface area contributed by atoms with Gasteiger partial charge < -0.3 is 23.8 Å². The van der Waals surface area contributed by atoms with Gasteiger partial charge in [0.05, 0.1) is 6.33 Å². The molecule has 0 saturated carbocycles. The third kappa shape index (κ3) is 4.86. The van der Waals surface area contributed by atoms with Crippen molar-refractivity contribution in [2.45, 2.75) is 63.6 Å². The largest absolute Gasteiger partial charge is 0.463 e. The molecule has 1 aliphatic carbocycles. The summed E-state index contributed by atoms with van der Waals surface area (Å²) in [6, 6.07) is 4.96. The van der Waals surface area contributed by atoms with Gasteiger partial charge in [0.2, 0.25) is 5.28 Å². The van der Waals surface area contributed by atoms with Crippen LogP contribution in [0.4, 0.5) is 10.2 Å². The van der Waals surface area contributed by atoms with Gasteiger partial charge in [0.15, 0.2) is 35.4 Å². The smallest absolute Gasteiger partial charge is 0.303 e. The van der Waals surface area contributed by atoms with Crippen molar-refractivity contribution in [3.63, 3.8) is 0 Å². The van der Waals surface area contributed by atoms with E-state index in [2.05, 4.69) is 15.0 Å². The minimum Gasteiger partial charge on any atom is -0.463 e. The SMILES string of the molecule is CC(=O)OCC1OC(n2cnc3c(N4CC5(CCc6ccc(F)cc65)C4)nc(Cl)nc32)C(OC(C)=O)C1OC(C)=O. The van der Waals surface area contributed by atoms with Crippen molar-refractivity contribution in [2.75, 3.05) is 24.6 Å². The van der Waals surface area contributed by atoms with Gasteiger partial charge in [-0.25, -0.2) is 9.37 Å². The summed E-state index contributed by atoms with van der Waals surface area (Å²) in [5, 5.41) is -0.0388. The molecule has 0 N–H and O–H groups in total. The number of halogens is 2. The van der Waals surface area contributed by atoms with E-state index in [9.17, 15) is 18.8 Å². The zero-order valence-electron chi connectivity index (χ0n) is 22.5. The van der Waals surface area contributed by atoms with Crippen molar-refractivity contribution < 1.29 is 37.7 Å². The van der Waals surface area contributed by atoms with Crippen LogP contribution in [0.3, 0.4) is 0 Å². The van der Waals surface area contributed by atoms with E-state index < -0.39 is 42.4 Å². The van der Waals surface area contributed by atoms with Gasteiger partial charge in [-0.3, -0.25) is 19.0 Å². The van der Waals surface area contributed by atoms with Gasteiger partial charge in [0.1, 0.15) is 18.5 Å². The van der Waals surface area contributed by atoms with E-state index in [1.165, 1.54) is 37.7 Å². The van der Waals surface area contributed by atoms with Crippen molar-refractivity contribution in [1.29, 1.82) is 0 Å². The second-order valence-corrected chi connectivity index (χ2v) is 10.9. The molecule has 6 rings (SSSR count). The maximum absolute atomic E-state index is 14.1. The number of rotatable bonds is 6. The van der Waals surface area contributed by atoms with Gasteiger partial charge in [-0.2, -0.15) is 9.97 Å². The molecular formula is C27H27ClFN5O7. The first-order chi connectivity index (χ1) is 19.5. The normalized spacial score (nSPS) is 24.3. The van der Waals surface area contributed by atoms with Gasteiger partial charge in [-0.1, -0.05) is 6.07 Å². The number of carbonyl (C=O) groups excluding carboxylic acids is 3. The van der Waals surface area contributed by atoms with Crippen LogP contribution in [0, 0.1) is 5.82 Å². The van der Waals surface area contributed by atoms with Gasteiger partial charge in [-0.15, -0.1) is 0 Å². The summed E-state index contributed by atoms with van der Waals surface area (Å²) in [7, 11) is 0. The summed E-state index contributed by atoms with van der Waals surface area (Å²) >= 11 is 6.38. The standard InChI is InChI=1S/C27H27ClFN5O7/c1-13(35)38-9-19-21(39-14(2)36)22(40-15(3)37)25(41-19)34-12-30-20-23(31-26(28)32-24(20)34)33-10-27(11-33)7-6-16-4-5-17(29)8-18(16)27/h4-5,8,12,19,21-22,25H,6-7,9-11H2,1-3H3. The summed E-state index contributed by atoms with van der Waals surface area (Å²) in [5.41, 5.74) is 2.73. The molecule has 0 amide bonds. The van der Waals surface area contributed by atoms with Crippen LogP contribution in [0.15, 0.2) is 24.5 Å².